The standard InChI is InChI=1S/C11H6F6N2O/c12-10(13,14)8-4-5-3-6(1-2-7(5)19-8)18-9(20)11(15,16)17/h1-4,19H,(H,18,20). The molecule has 2 N–H and O–H groups in total. The average Bonchev–Trinajstić information content (AvgIpc) is 2.70. The zero-order valence-electron chi connectivity index (χ0n) is 9.49. The summed E-state index contributed by atoms with van der Waals surface area (Å²) < 4.78 is 73.5. The maximum atomic E-state index is 12.4. The second-order valence-electron chi connectivity index (χ2n) is 3.93. The fourth-order valence-corrected chi connectivity index (χ4v) is 1.57. The van der Waals surface area contributed by atoms with Crippen LogP contribution < -0.4 is 5.32 Å². The van der Waals surface area contributed by atoms with Crippen molar-refractivity contribution in [2.24, 2.45) is 0 Å². The number of hydrogen-bond acceptors (Lipinski definition) is 1. The van der Waals surface area contributed by atoms with Crippen molar-refractivity contribution in [1.29, 1.82) is 0 Å². The van der Waals surface area contributed by atoms with Gasteiger partial charge < -0.3 is 10.3 Å². The normalized spacial score (nSPS) is 12.7. The highest BCUT2D eigenvalue weighted by Gasteiger charge is 2.38. The number of carbonyl (C=O) groups excluding carboxylic acids is 1. The molecule has 0 aliphatic carbocycles. The molecular weight excluding hydrogens is 290 g/mol. The lowest BCUT2D eigenvalue weighted by Crippen LogP contribution is -2.29. The number of hydrogen-bond donors (Lipinski definition) is 2. The summed E-state index contributed by atoms with van der Waals surface area (Å²) >= 11 is 0. The molecule has 0 radical (unpaired) electrons. The Hall–Kier alpha value is -2.19. The van der Waals surface area contributed by atoms with E-state index in [1.165, 1.54) is 0 Å². The van der Waals surface area contributed by atoms with Crippen molar-refractivity contribution in [1.82, 2.24) is 4.98 Å². The van der Waals surface area contributed by atoms with Gasteiger partial charge in [0.15, 0.2) is 0 Å². The number of carbonyl (C=O) groups is 1. The minimum atomic E-state index is -5.07. The number of H-pyrrole nitrogens is 1. The molecule has 0 bridgehead atoms. The lowest BCUT2D eigenvalue weighted by Gasteiger charge is -2.07. The van der Waals surface area contributed by atoms with Crippen LogP contribution >= 0.6 is 0 Å². The fraction of sp³-hybridized carbons (Fsp3) is 0.182. The number of halogens is 6. The Morgan fingerprint density at radius 3 is 2.25 bits per heavy atom. The van der Waals surface area contributed by atoms with Gasteiger partial charge in [-0.15, -0.1) is 0 Å². The third-order valence-corrected chi connectivity index (χ3v) is 2.44. The third-order valence-electron chi connectivity index (χ3n) is 2.44. The summed E-state index contributed by atoms with van der Waals surface area (Å²) in [6.07, 6.45) is -9.65. The molecule has 3 nitrogen and oxygen atoms in total. The molecule has 1 heterocycles. The molecule has 0 unspecified atom stereocenters. The van der Waals surface area contributed by atoms with Gasteiger partial charge in [0.25, 0.3) is 0 Å². The van der Waals surface area contributed by atoms with Gasteiger partial charge in [-0.25, -0.2) is 0 Å². The smallest absolute Gasteiger partial charge is 0.351 e. The molecule has 0 saturated carbocycles. The van der Waals surface area contributed by atoms with Crippen molar-refractivity contribution in [2.45, 2.75) is 12.4 Å². The summed E-state index contributed by atoms with van der Waals surface area (Å²) in [5.41, 5.74) is -1.17. The Balaban J connectivity index is 2.32. The zero-order chi connectivity index (χ0) is 15.1. The van der Waals surface area contributed by atoms with E-state index in [-0.39, 0.29) is 16.6 Å². The lowest BCUT2D eigenvalue weighted by molar-refractivity contribution is -0.167. The van der Waals surface area contributed by atoms with Crippen LogP contribution in [0.5, 0.6) is 0 Å². The molecule has 0 atom stereocenters. The van der Waals surface area contributed by atoms with Crippen LogP contribution in [0.25, 0.3) is 10.9 Å². The van der Waals surface area contributed by atoms with Crippen molar-refractivity contribution < 1.29 is 31.1 Å². The molecule has 0 aliphatic heterocycles. The summed E-state index contributed by atoms with van der Waals surface area (Å²) in [7, 11) is 0. The summed E-state index contributed by atoms with van der Waals surface area (Å²) in [5, 5.41) is 1.60. The molecule has 20 heavy (non-hydrogen) atoms. The van der Waals surface area contributed by atoms with E-state index in [1.807, 2.05) is 0 Å². The van der Waals surface area contributed by atoms with Crippen molar-refractivity contribution in [3.63, 3.8) is 0 Å². The minimum Gasteiger partial charge on any atom is -0.351 e. The van der Waals surface area contributed by atoms with Crippen LogP contribution in [0.3, 0.4) is 0 Å². The maximum absolute atomic E-state index is 12.4. The second kappa shape index (κ2) is 4.43. The number of nitrogens with one attached hydrogen (secondary N) is 2. The highest BCUT2D eigenvalue weighted by atomic mass is 19.4. The van der Waals surface area contributed by atoms with Gasteiger partial charge in [-0.1, -0.05) is 0 Å². The van der Waals surface area contributed by atoms with Crippen LogP contribution in [-0.4, -0.2) is 17.1 Å². The molecule has 9 heteroatoms. The van der Waals surface area contributed by atoms with E-state index < -0.39 is 24.0 Å². The van der Waals surface area contributed by atoms with Gasteiger partial charge >= 0.3 is 18.3 Å². The summed E-state index contributed by atoms with van der Waals surface area (Å²) in [6, 6.07) is 3.99. The zero-order valence-corrected chi connectivity index (χ0v) is 9.49. The number of anilines is 1. The van der Waals surface area contributed by atoms with E-state index in [4.69, 9.17) is 0 Å². The van der Waals surface area contributed by atoms with E-state index in [2.05, 4.69) is 4.98 Å². The number of aromatic nitrogens is 1. The monoisotopic (exact) mass is 296 g/mol. The van der Waals surface area contributed by atoms with Crippen LogP contribution in [0.15, 0.2) is 24.3 Å². The first kappa shape index (κ1) is 14.2. The Kier molecular flexibility index (Phi) is 3.15. The third kappa shape index (κ3) is 2.86. The topological polar surface area (TPSA) is 44.9 Å². The van der Waals surface area contributed by atoms with Crippen molar-refractivity contribution in [3.05, 3.63) is 30.0 Å². The SMILES string of the molecule is O=C(Nc1ccc2[nH]c(C(F)(F)F)cc2c1)C(F)(F)F. The molecule has 0 spiro atoms. The average molecular weight is 296 g/mol. The Morgan fingerprint density at radius 1 is 1.05 bits per heavy atom. The molecule has 1 amide bonds. The Bertz CT molecular complexity index is 655. The van der Waals surface area contributed by atoms with Gasteiger partial charge in [0.05, 0.1) is 0 Å². The quantitative estimate of drug-likeness (QED) is 0.775. The highest BCUT2D eigenvalue weighted by Crippen LogP contribution is 2.32. The summed E-state index contributed by atoms with van der Waals surface area (Å²) in [4.78, 5) is 12.8. The molecule has 2 aromatic rings. The van der Waals surface area contributed by atoms with E-state index in [0.29, 0.717) is 0 Å². The maximum Gasteiger partial charge on any atom is 0.471 e. The molecule has 108 valence electrons. The van der Waals surface area contributed by atoms with Gasteiger partial charge in [-0.05, 0) is 24.3 Å². The minimum absolute atomic E-state index is 0.0392. The molecular formula is C11H6F6N2O. The molecule has 1 aromatic carbocycles. The first-order valence-corrected chi connectivity index (χ1v) is 5.15. The van der Waals surface area contributed by atoms with E-state index in [0.717, 1.165) is 24.3 Å². The van der Waals surface area contributed by atoms with E-state index in [1.54, 1.807) is 5.32 Å². The Labute approximate surface area is 107 Å². The van der Waals surface area contributed by atoms with Crippen LogP contribution in [0, 0.1) is 0 Å². The van der Waals surface area contributed by atoms with Crippen LogP contribution in [0.1, 0.15) is 5.69 Å². The van der Waals surface area contributed by atoms with Gasteiger partial charge in [-0.3, -0.25) is 4.79 Å². The van der Waals surface area contributed by atoms with Crippen LogP contribution in [-0.2, 0) is 11.0 Å². The second-order valence-corrected chi connectivity index (χ2v) is 3.93. The molecule has 2 rings (SSSR count). The van der Waals surface area contributed by atoms with Crippen molar-refractivity contribution >= 4 is 22.5 Å². The van der Waals surface area contributed by atoms with Crippen LogP contribution in [0.2, 0.25) is 0 Å². The van der Waals surface area contributed by atoms with Gasteiger partial charge in [-0.2, -0.15) is 26.3 Å². The Morgan fingerprint density at radius 2 is 1.70 bits per heavy atom. The van der Waals surface area contributed by atoms with Crippen molar-refractivity contribution in [3.8, 4) is 0 Å². The molecule has 0 aliphatic rings. The van der Waals surface area contributed by atoms with Gasteiger partial charge in [0.2, 0.25) is 0 Å². The van der Waals surface area contributed by atoms with Crippen molar-refractivity contribution in [2.75, 3.05) is 5.32 Å². The number of rotatable bonds is 1. The first-order chi connectivity index (χ1) is 9.07. The highest BCUT2D eigenvalue weighted by molar-refractivity contribution is 5.97. The molecule has 0 saturated heterocycles. The summed E-state index contributed by atoms with van der Waals surface area (Å²) in [6.45, 7) is 0. The van der Waals surface area contributed by atoms with Gasteiger partial charge in [0, 0.05) is 16.6 Å². The molecule has 1 aromatic heterocycles. The van der Waals surface area contributed by atoms with E-state index in [9.17, 15) is 31.1 Å². The van der Waals surface area contributed by atoms with Crippen LogP contribution in [0.4, 0.5) is 32.0 Å². The van der Waals surface area contributed by atoms with E-state index >= 15 is 0 Å². The summed E-state index contributed by atoms with van der Waals surface area (Å²) in [5.74, 6) is -2.19. The first-order valence-electron chi connectivity index (χ1n) is 5.15. The molecule has 0 fully saturated rings. The number of alkyl halides is 6. The predicted molar refractivity (Wildman–Crippen MR) is 58.0 cm³/mol. The predicted octanol–water partition coefficient (Wildman–Crippen LogP) is 3.69. The number of benzene rings is 1. The largest absolute Gasteiger partial charge is 0.471 e. The number of amides is 1. The fourth-order valence-electron chi connectivity index (χ4n) is 1.57. The number of fused-ring (bicyclic) bond motifs is 1. The van der Waals surface area contributed by atoms with Gasteiger partial charge in [0.1, 0.15) is 5.69 Å². The number of aromatic amines is 1. The lowest BCUT2D eigenvalue weighted by atomic mass is 10.2.